The molecule has 0 atom stereocenters. The van der Waals surface area contributed by atoms with Gasteiger partial charge in [0.15, 0.2) is 0 Å². The van der Waals surface area contributed by atoms with E-state index in [9.17, 15) is 0 Å². The van der Waals surface area contributed by atoms with E-state index < -0.39 is 0 Å². The molecular weight excluding hydrogens is 142 g/mol. The van der Waals surface area contributed by atoms with Crippen LogP contribution in [-0.4, -0.2) is 12.4 Å². The molecule has 0 bridgehead atoms. The summed E-state index contributed by atoms with van der Waals surface area (Å²) in [5, 5.41) is 0. The van der Waals surface area contributed by atoms with Crippen molar-refractivity contribution in [2.24, 2.45) is 10.8 Å². The summed E-state index contributed by atoms with van der Waals surface area (Å²) in [6.45, 7) is 2.64. The number of aliphatic imine (C=N–C) groups is 1. The summed E-state index contributed by atoms with van der Waals surface area (Å²) in [4.78, 5) is 4.11. The van der Waals surface area contributed by atoms with E-state index in [0.717, 1.165) is 5.56 Å². The lowest BCUT2D eigenvalue weighted by atomic mass is 10.3. The quantitative estimate of drug-likeness (QED) is 0.281. The standard InChI is InChI=1S/C7H11N3O/c1-2-9-7(10-8)6-3-4-11-5-6/h3-5H,2,8H2,1H3,(H,9,10). The molecule has 0 aromatic carbocycles. The normalized spacial score (nSPS) is 11.6. The van der Waals surface area contributed by atoms with Gasteiger partial charge in [0.2, 0.25) is 0 Å². The topological polar surface area (TPSA) is 63.5 Å². The van der Waals surface area contributed by atoms with Gasteiger partial charge in [0.05, 0.1) is 11.8 Å². The minimum absolute atomic E-state index is 0.654. The van der Waals surface area contributed by atoms with Gasteiger partial charge >= 0.3 is 0 Å². The third-order valence-corrected chi connectivity index (χ3v) is 1.25. The molecule has 0 spiro atoms. The van der Waals surface area contributed by atoms with Gasteiger partial charge in [0.1, 0.15) is 12.1 Å². The Bertz CT molecular complexity index is 228. The Hall–Kier alpha value is -1.29. The van der Waals surface area contributed by atoms with Crippen LogP contribution < -0.4 is 11.3 Å². The lowest BCUT2D eigenvalue weighted by Gasteiger charge is -1.99. The molecule has 0 fully saturated rings. The number of nitrogens with one attached hydrogen (secondary N) is 1. The number of amidine groups is 1. The average Bonchev–Trinajstić information content (AvgIpc) is 2.52. The number of furan rings is 1. The molecule has 0 aliphatic carbocycles. The molecule has 60 valence electrons. The molecule has 1 rings (SSSR count). The first-order valence-corrected chi connectivity index (χ1v) is 3.42. The highest BCUT2D eigenvalue weighted by Gasteiger charge is 2.00. The summed E-state index contributed by atoms with van der Waals surface area (Å²) in [7, 11) is 0. The van der Waals surface area contributed by atoms with Crippen molar-refractivity contribution >= 4 is 5.84 Å². The molecule has 1 aromatic heterocycles. The van der Waals surface area contributed by atoms with E-state index in [1.165, 1.54) is 0 Å². The number of nitrogens with two attached hydrogens (primary N) is 1. The third kappa shape index (κ3) is 1.81. The first kappa shape index (κ1) is 7.81. The molecular formula is C7H11N3O. The second-order valence-electron chi connectivity index (χ2n) is 1.98. The van der Waals surface area contributed by atoms with Crippen molar-refractivity contribution in [3.8, 4) is 0 Å². The SMILES string of the molecule is CCN=C(NN)c1ccoc1. The highest BCUT2D eigenvalue weighted by Crippen LogP contribution is 1.99. The number of hydrogen-bond donors (Lipinski definition) is 2. The van der Waals surface area contributed by atoms with Crippen LogP contribution >= 0.6 is 0 Å². The summed E-state index contributed by atoms with van der Waals surface area (Å²) in [6.07, 6.45) is 3.17. The average molecular weight is 153 g/mol. The lowest BCUT2D eigenvalue weighted by molar-refractivity contribution is 0.566. The van der Waals surface area contributed by atoms with Gasteiger partial charge in [0.25, 0.3) is 0 Å². The van der Waals surface area contributed by atoms with Crippen molar-refractivity contribution in [2.75, 3.05) is 6.54 Å². The van der Waals surface area contributed by atoms with Crippen molar-refractivity contribution in [1.29, 1.82) is 0 Å². The first-order valence-electron chi connectivity index (χ1n) is 3.42. The molecule has 0 aliphatic rings. The van der Waals surface area contributed by atoms with Crippen LogP contribution in [0.25, 0.3) is 0 Å². The van der Waals surface area contributed by atoms with Crippen molar-refractivity contribution in [3.63, 3.8) is 0 Å². The highest BCUT2D eigenvalue weighted by atomic mass is 16.3. The highest BCUT2D eigenvalue weighted by molar-refractivity contribution is 5.97. The minimum atomic E-state index is 0.654. The largest absolute Gasteiger partial charge is 0.472 e. The summed E-state index contributed by atoms with van der Waals surface area (Å²) < 4.78 is 4.87. The Morgan fingerprint density at radius 3 is 3.09 bits per heavy atom. The molecule has 3 N–H and O–H groups in total. The van der Waals surface area contributed by atoms with Crippen molar-refractivity contribution in [1.82, 2.24) is 5.43 Å². The van der Waals surface area contributed by atoms with Crippen LogP contribution in [0.2, 0.25) is 0 Å². The Labute approximate surface area is 65.1 Å². The number of nitrogens with zero attached hydrogens (tertiary/aromatic N) is 1. The van der Waals surface area contributed by atoms with Gasteiger partial charge in [-0.05, 0) is 13.0 Å². The van der Waals surface area contributed by atoms with E-state index in [0.29, 0.717) is 12.4 Å². The maximum absolute atomic E-state index is 5.23. The molecule has 4 heteroatoms. The Balaban J connectivity index is 2.79. The van der Waals surface area contributed by atoms with Gasteiger partial charge in [-0.15, -0.1) is 0 Å². The molecule has 4 nitrogen and oxygen atoms in total. The first-order chi connectivity index (χ1) is 5.38. The molecule has 1 heterocycles. The zero-order chi connectivity index (χ0) is 8.10. The van der Waals surface area contributed by atoms with Crippen LogP contribution in [0.3, 0.4) is 0 Å². The number of hydrazine groups is 1. The molecule has 1 aromatic rings. The lowest BCUT2D eigenvalue weighted by Crippen LogP contribution is -2.30. The predicted octanol–water partition coefficient (Wildman–Crippen LogP) is 0.509. The van der Waals surface area contributed by atoms with Gasteiger partial charge in [-0.3, -0.25) is 4.99 Å². The number of hydrogen-bond acceptors (Lipinski definition) is 3. The van der Waals surface area contributed by atoms with Crippen LogP contribution in [-0.2, 0) is 0 Å². The fraction of sp³-hybridized carbons (Fsp3) is 0.286. The fourth-order valence-electron chi connectivity index (χ4n) is 0.778. The number of rotatable bonds is 2. The van der Waals surface area contributed by atoms with Crippen LogP contribution in [0.15, 0.2) is 28.0 Å². The van der Waals surface area contributed by atoms with E-state index >= 15 is 0 Å². The molecule has 0 saturated carbocycles. The molecule has 0 unspecified atom stereocenters. The molecule has 0 amide bonds. The Kier molecular flexibility index (Phi) is 2.68. The van der Waals surface area contributed by atoms with Crippen molar-refractivity contribution in [2.45, 2.75) is 6.92 Å². The van der Waals surface area contributed by atoms with E-state index in [2.05, 4.69) is 10.4 Å². The maximum Gasteiger partial charge on any atom is 0.145 e. The van der Waals surface area contributed by atoms with Crippen LogP contribution in [0.1, 0.15) is 12.5 Å². The van der Waals surface area contributed by atoms with Crippen molar-refractivity contribution < 1.29 is 4.42 Å². The molecule has 0 saturated heterocycles. The molecule has 11 heavy (non-hydrogen) atoms. The van der Waals surface area contributed by atoms with Gasteiger partial charge in [-0.2, -0.15) is 0 Å². The summed E-state index contributed by atoms with van der Waals surface area (Å²) in [5.74, 6) is 5.88. The third-order valence-electron chi connectivity index (χ3n) is 1.25. The summed E-state index contributed by atoms with van der Waals surface area (Å²) in [6, 6.07) is 1.80. The zero-order valence-corrected chi connectivity index (χ0v) is 6.37. The second kappa shape index (κ2) is 3.78. The smallest absolute Gasteiger partial charge is 0.145 e. The monoisotopic (exact) mass is 153 g/mol. The van der Waals surface area contributed by atoms with E-state index in [-0.39, 0.29) is 0 Å². The Morgan fingerprint density at radius 2 is 2.64 bits per heavy atom. The van der Waals surface area contributed by atoms with Gasteiger partial charge in [0, 0.05) is 6.54 Å². The minimum Gasteiger partial charge on any atom is -0.472 e. The molecule has 0 aliphatic heterocycles. The molecule has 0 radical (unpaired) electrons. The van der Waals surface area contributed by atoms with Gasteiger partial charge < -0.3 is 9.84 Å². The van der Waals surface area contributed by atoms with Gasteiger partial charge in [-0.1, -0.05) is 0 Å². The fourth-order valence-corrected chi connectivity index (χ4v) is 0.778. The maximum atomic E-state index is 5.23. The van der Waals surface area contributed by atoms with E-state index in [1.54, 1.807) is 18.6 Å². The predicted molar refractivity (Wildman–Crippen MR) is 43.1 cm³/mol. The summed E-state index contributed by atoms with van der Waals surface area (Å²) >= 11 is 0. The van der Waals surface area contributed by atoms with E-state index in [1.807, 2.05) is 6.92 Å². The van der Waals surface area contributed by atoms with Gasteiger partial charge in [-0.25, -0.2) is 5.84 Å². The second-order valence-corrected chi connectivity index (χ2v) is 1.98. The summed E-state index contributed by atoms with van der Waals surface area (Å²) in [5.41, 5.74) is 3.37. The zero-order valence-electron chi connectivity index (χ0n) is 6.37. The van der Waals surface area contributed by atoms with Crippen molar-refractivity contribution in [3.05, 3.63) is 24.2 Å². The van der Waals surface area contributed by atoms with Crippen LogP contribution in [0.5, 0.6) is 0 Å². The Morgan fingerprint density at radius 1 is 1.82 bits per heavy atom. The van der Waals surface area contributed by atoms with Crippen LogP contribution in [0.4, 0.5) is 0 Å². The van der Waals surface area contributed by atoms with E-state index in [4.69, 9.17) is 10.3 Å². The van der Waals surface area contributed by atoms with Crippen LogP contribution in [0, 0.1) is 0 Å².